The zero-order valence-electron chi connectivity index (χ0n) is 10.1. The molecule has 0 aromatic heterocycles. The topological polar surface area (TPSA) is 102 Å². The minimum Gasteiger partial charge on any atom is -0.480 e. The maximum atomic E-state index is 11.5. The molecule has 1 saturated carbocycles. The molecule has 18 heavy (non-hydrogen) atoms. The van der Waals surface area contributed by atoms with E-state index in [2.05, 4.69) is 15.5 Å². The highest BCUT2D eigenvalue weighted by Gasteiger charge is 2.35. The van der Waals surface area contributed by atoms with Gasteiger partial charge in [-0.3, -0.25) is 4.90 Å². The number of likely N-dealkylation sites (tertiary alicyclic amines) is 1. The Morgan fingerprint density at radius 3 is 2.61 bits per heavy atom. The van der Waals surface area contributed by atoms with E-state index in [9.17, 15) is 9.59 Å². The molecule has 2 aliphatic rings. The van der Waals surface area contributed by atoms with Crippen molar-refractivity contribution in [1.82, 2.24) is 15.5 Å². The lowest BCUT2D eigenvalue weighted by Crippen LogP contribution is -2.51. The van der Waals surface area contributed by atoms with E-state index in [0.29, 0.717) is 6.04 Å². The van der Waals surface area contributed by atoms with Gasteiger partial charge in [0.1, 0.15) is 0 Å². The Kier molecular flexibility index (Phi) is 4.03. The molecule has 0 aromatic carbocycles. The summed E-state index contributed by atoms with van der Waals surface area (Å²) in [5, 5.41) is 22.5. The molecule has 2 fully saturated rings. The van der Waals surface area contributed by atoms with E-state index in [1.165, 1.54) is 12.8 Å². The Morgan fingerprint density at radius 2 is 2.06 bits per heavy atom. The van der Waals surface area contributed by atoms with Crippen molar-refractivity contribution in [2.45, 2.75) is 37.4 Å². The Hall–Kier alpha value is -1.34. The van der Waals surface area contributed by atoms with Crippen LogP contribution in [0.1, 0.15) is 19.3 Å². The van der Waals surface area contributed by atoms with Gasteiger partial charge in [-0.1, -0.05) is 0 Å². The number of carbonyl (C=O) groups is 2. The summed E-state index contributed by atoms with van der Waals surface area (Å²) < 4.78 is 0. The summed E-state index contributed by atoms with van der Waals surface area (Å²) in [7, 11) is 0. The van der Waals surface area contributed by atoms with Gasteiger partial charge in [-0.15, -0.1) is 0 Å². The van der Waals surface area contributed by atoms with Crippen LogP contribution in [0.15, 0.2) is 0 Å². The first-order chi connectivity index (χ1) is 8.60. The van der Waals surface area contributed by atoms with E-state index < -0.39 is 24.6 Å². The fourth-order valence-electron chi connectivity index (χ4n) is 2.25. The molecule has 1 heterocycles. The minimum atomic E-state index is -1.24. The molecule has 1 aliphatic carbocycles. The van der Waals surface area contributed by atoms with E-state index in [0.717, 1.165) is 19.5 Å². The maximum Gasteiger partial charge on any atom is 0.328 e. The molecule has 4 N–H and O–H groups in total. The molecule has 0 spiro atoms. The van der Waals surface area contributed by atoms with Crippen LogP contribution in [0.3, 0.4) is 0 Å². The SMILES string of the molecule is O=C(NC1CCN(C2CC2)C1)N[C@@H](CO)C(=O)O. The van der Waals surface area contributed by atoms with Crippen molar-refractivity contribution in [2.75, 3.05) is 19.7 Å². The minimum absolute atomic E-state index is 0.0683. The molecule has 7 heteroatoms. The summed E-state index contributed by atoms with van der Waals surface area (Å²) in [6.45, 7) is 1.20. The van der Waals surface area contributed by atoms with Gasteiger partial charge in [0.25, 0.3) is 0 Å². The highest BCUT2D eigenvalue weighted by molar-refractivity contribution is 5.82. The monoisotopic (exact) mass is 257 g/mol. The molecule has 102 valence electrons. The number of urea groups is 1. The number of aliphatic carboxylic acids is 1. The van der Waals surface area contributed by atoms with Crippen molar-refractivity contribution in [3.05, 3.63) is 0 Å². The van der Waals surface area contributed by atoms with Gasteiger partial charge in [-0.25, -0.2) is 9.59 Å². The van der Waals surface area contributed by atoms with E-state index in [-0.39, 0.29) is 6.04 Å². The predicted octanol–water partition coefficient (Wildman–Crippen LogP) is -1.03. The van der Waals surface area contributed by atoms with Gasteiger partial charge in [0.15, 0.2) is 6.04 Å². The smallest absolute Gasteiger partial charge is 0.328 e. The van der Waals surface area contributed by atoms with Gasteiger partial charge in [-0.05, 0) is 19.3 Å². The van der Waals surface area contributed by atoms with Crippen molar-refractivity contribution < 1.29 is 19.8 Å². The fourth-order valence-corrected chi connectivity index (χ4v) is 2.25. The van der Waals surface area contributed by atoms with Crippen LogP contribution in [-0.4, -0.2) is 64.9 Å². The molecule has 1 aliphatic heterocycles. The quantitative estimate of drug-likeness (QED) is 0.504. The number of nitrogens with one attached hydrogen (secondary N) is 2. The number of hydrogen-bond donors (Lipinski definition) is 4. The average molecular weight is 257 g/mol. The highest BCUT2D eigenvalue weighted by Crippen LogP contribution is 2.29. The summed E-state index contributed by atoms with van der Waals surface area (Å²) in [4.78, 5) is 24.5. The number of rotatable bonds is 5. The molecular formula is C11H19N3O4. The molecule has 0 aromatic rings. The molecule has 2 rings (SSSR count). The Balaban J connectivity index is 1.72. The average Bonchev–Trinajstić information content (AvgIpc) is 3.07. The number of aliphatic hydroxyl groups is 1. The summed E-state index contributed by atoms with van der Waals surface area (Å²) in [5.41, 5.74) is 0. The number of aliphatic hydroxyl groups excluding tert-OH is 1. The van der Waals surface area contributed by atoms with Gasteiger partial charge in [0.05, 0.1) is 6.61 Å². The molecule has 1 unspecified atom stereocenters. The first-order valence-electron chi connectivity index (χ1n) is 6.25. The van der Waals surface area contributed by atoms with Gasteiger partial charge >= 0.3 is 12.0 Å². The van der Waals surface area contributed by atoms with E-state index in [4.69, 9.17) is 10.2 Å². The summed E-state index contributed by atoms with van der Waals surface area (Å²) in [6, 6.07) is -1.02. The fraction of sp³-hybridized carbons (Fsp3) is 0.818. The lowest BCUT2D eigenvalue weighted by molar-refractivity contribution is -0.140. The van der Waals surface area contributed by atoms with Crippen molar-refractivity contribution in [1.29, 1.82) is 0 Å². The molecule has 1 saturated heterocycles. The van der Waals surface area contributed by atoms with Gasteiger partial charge in [-0.2, -0.15) is 0 Å². The summed E-state index contributed by atoms with van der Waals surface area (Å²) in [6.07, 6.45) is 3.37. The number of carboxylic acid groups (broad SMARTS) is 1. The zero-order chi connectivity index (χ0) is 13.1. The number of hydrogen-bond acceptors (Lipinski definition) is 4. The van der Waals surface area contributed by atoms with Crippen LogP contribution >= 0.6 is 0 Å². The van der Waals surface area contributed by atoms with Crippen LogP contribution < -0.4 is 10.6 Å². The van der Waals surface area contributed by atoms with E-state index >= 15 is 0 Å². The molecule has 2 amide bonds. The third-order valence-corrected chi connectivity index (χ3v) is 3.40. The molecule has 0 radical (unpaired) electrons. The third kappa shape index (κ3) is 3.33. The lowest BCUT2D eigenvalue weighted by atomic mass is 10.2. The second kappa shape index (κ2) is 5.53. The van der Waals surface area contributed by atoms with Crippen LogP contribution in [-0.2, 0) is 4.79 Å². The number of amides is 2. The third-order valence-electron chi connectivity index (χ3n) is 3.40. The van der Waals surface area contributed by atoms with Crippen molar-refractivity contribution in [3.63, 3.8) is 0 Å². The largest absolute Gasteiger partial charge is 0.480 e. The van der Waals surface area contributed by atoms with E-state index in [1.807, 2.05) is 0 Å². The van der Waals surface area contributed by atoms with Crippen LogP contribution in [0.2, 0.25) is 0 Å². The maximum absolute atomic E-state index is 11.5. The standard InChI is InChI=1S/C11H19N3O4/c15-6-9(10(16)17)13-11(18)12-7-3-4-14(5-7)8-1-2-8/h7-9,15H,1-6H2,(H,16,17)(H2,12,13,18)/t7?,9-/m0/s1. The van der Waals surface area contributed by atoms with Gasteiger partial charge in [0, 0.05) is 25.2 Å². The Bertz CT molecular complexity index is 332. The van der Waals surface area contributed by atoms with Crippen LogP contribution in [0.5, 0.6) is 0 Å². The molecule has 2 atom stereocenters. The van der Waals surface area contributed by atoms with Crippen LogP contribution in [0.25, 0.3) is 0 Å². The zero-order valence-corrected chi connectivity index (χ0v) is 10.1. The van der Waals surface area contributed by atoms with Gasteiger partial charge < -0.3 is 20.8 Å². The second-order valence-corrected chi connectivity index (χ2v) is 4.90. The number of carbonyl (C=O) groups excluding carboxylic acids is 1. The number of carboxylic acids is 1. The summed E-state index contributed by atoms with van der Waals surface area (Å²) >= 11 is 0. The Morgan fingerprint density at radius 1 is 1.33 bits per heavy atom. The predicted molar refractivity (Wildman–Crippen MR) is 63.2 cm³/mol. The summed E-state index contributed by atoms with van der Waals surface area (Å²) in [5.74, 6) is -1.24. The first-order valence-corrected chi connectivity index (χ1v) is 6.25. The van der Waals surface area contributed by atoms with Crippen molar-refractivity contribution in [2.24, 2.45) is 0 Å². The van der Waals surface area contributed by atoms with Crippen molar-refractivity contribution in [3.8, 4) is 0 Å². The molecular weight excluding hydrogens is 238 g/mol. The molecule has 0 bridgehead atoms. The van der Waals surface area contributed by atoms with E-state index in [1.54, 1.807) is 0 Å². The second-order valence-electron chi connectivity index (χ2n) is 4.90. The van der Waals surface area contributed by atoms with Crippen LogP contribution in [0.4, 0.5) is 4.79 Å². The first kappa shape index (κ1) is 13.1. The lowest BCUT2D eigenvalue weighted by Gasteiger charge is -2.17. The normalized spacial score (nSPS) is 25.7. The van der Waals surface area contributed by atoms with Crippen molar-refractivity contribution >= 4 is 12.0 Å². The Labute approximate surface area is 105 Å². The number of nitrogens with zero attached hydrogens (tertiary/aromatic N) is 1. The van der Waals surface area contributed by atoms with Crippen LogP contribution in [0, 0.1) is 0 Å². The highest BCUT2D eigenvalue weighted by atomic mass is 16.4. The van der Waals surface area contributed by atoms with Gasteiger partial charge in [0.2, 0.25) is 0 Å². The molecule has 7 nitrogen and oxygen atoms in total.